The molecule has 1 heterocycles. The second-order valence-electron chi connectivity index (χ2n) is 5.50. The first-order valence-corrected chi connectivity index (χ1v) is 6.15. The summed E-state index contributed by atoms with van der Waals surface area (Å²) >= 11 is 0. The van der Waals surface area contributed by atoms with E-state index in [0.29, 0.717) is 6.04 Å². The Morgan fingerprint density at radius 2 is 2.17 bits per heavy atom. The fraction of sp³-hybridized carbons (Fsp3) is 0.692. The van der Waals surface area contributed by atoms with Gasteiger partial charge in [0.25, 0.3) is 0 Å². The first-order chi connectivity index (χ1) is 8.25. The Morgan fingerprint density at radius 1 is 1.56 bits per heavy atom. The van der Waals surface area contributed by atoms with E-state index < -0.39 is 5.54 Å². The molecule has 102 valence electrons. The number of methoxy groups -OCH3 is 1. The number of nitrogens with two attached hydrogens (primary N) is 1. The Balaban J connectivity index is 2.98. The van der Waals surface area contributed by atoms with Crippen molar-refractivity contribution in [2.45, 2.75) is 51.6 Å². The molecule has 1 aromatic heterocycles. The van der Waals surface area contributed by atoms with Gasteiger partial charge in [-0.3, -0.25) is 9.48 Å². The number of nitrogens with zero attached hydrogens (tertiary/aromatic N) is 2. The summed E-state index contributed by atoms with van der Waals surface area (Å²) in [7, 11) is 1.39. The van der Waals surface area contributed by atoms with E-state index in [-0.39, 0.29) is 18.3 Å². The van der Waals surface area contributed by atoms with E-state index in [9.17, 15) is 4.79 Å². The van der Waals surface area contributed by atoms with Crippen LogP contribution in [-0.2, 0) is 9.53 Å². The average molecular weight is 253 g/mol. The molecule has 1 rings (SSSR count). The van der Waals surface area contributed by atoms with Gasteiger partial charge >= 0.3 is 5.97 Å². The van der Waals surface area contributed by atoms with E-state index in [1.165, 1.54) is 7.11 Å². The molecular formula is C13H23N3O2. The minimum absolute atomic E-state index is 0.0996. The van der Waals surface area contributed by atoms with E-state index in [1.807, 2.05) is 24.7 Å². The van der Waals surface area contributed by atoms with Crippen LogP contribution in [0.1, 0.15) is 51.6 Å². The predicted molar refractivity (Wildman–Crippen MR) is 70.3 cm³/mol. The zero-order chi connectivity index (χ0) is 13.9. The van der Waals surface area contributed by atoms with Crippen LogP contribution in [0.2, 0.25) is 0 Å². The minimum atomic E-state index is -0.501. The van der Waals surface area contributed by atoms with Crippen molar-refractivity contribution in [1.29, 1.82) is 0 Å². The number of ether oxygens (including phenoxy) is 1. The molecule has 0 saturated carbocycles. The third-order valence-corrected chi connectivity index (χ3v) is 3.05. The Kier molecular flexibility index (Phi) is 4.51. The van der Waals surface area contributed by atoms with E-state index in [4.69, 9.17) is 10.5 Å². The van der Waals surface area contributed by atoms with Crippen molar-refractivity contribution in [1.82, 2.24) is 9.78 Å². The van der Waals surface area contributed by atoms with Gasteiger partial charge in [0.15, 0.2) is 0 Å². The van der Waals surface area contributed by atoms with Gasteiger partial charge in [0.2, 0.25) is 0 Å². The molecule has 1 unspecified atom stereocenters. The molecule has 5 nitrogen and oxygen atoms in total. The van der Waals surface area contributed by atoms with Gasteiger partial charge in [-0.2, -0.15) is 5.10 Å². The molecule has 0 aromatic carbocycles. The summed E-state index contributed by atoms with van der Waals surface area (Å²) < 4.78 is 6.60. The number of hydrogen-bond donors (Lipinski definition) is 1. The Morgan fingerprint density at radius 3 is 2.56 bits per heavy atom. The molecule has 1 atom stereocenters. The van der Waals surface area contributed by atoms with Crippen molar-refractivity contribution in [3.8, 4) is 0 Å². The summed E-state index contributed by atoms with van der Waals surface area (Å²) in [5.74, 6) is -0.353. The van der Waals surface area contributed by atoms with Crippen molar-refractivity contribution >= 4 is 5.97 Å². The number of hydrogen-bond acceptors (Lipinski definition) is 4. The largest absolute Gasteiger partial charge is 0.469 e. The fourth-order valence-corrected chi connectivity index (χ4v) is 1.88. The lowest BCUT2D eigenvalue weighted by Gasteiger charge is -2.29. The molecule has 0 radical (unpaired) electrons. The molecule has 2 N–H and O–H groups in total. The van der Waals surface area contributed by atoms with Crippen LogP contribution in [0.4, 0.5) is 0 Å². The molecule has 0 amide bonds. The van der Waals surface area contributed by atoms with Crippen molar-refractivity contribution in [2.75, 3.05) is 7.11 Å². The molecule has 0 bridgehead atoms. The molecule has 0 aliphatic carbocycles. The van der Waals surface area contributed by atoms with Crippen LogP contribution in [0.3, 0.4) is 0 Å². The van der Waals surface area contributed by atoms with Crippen LogP contribution in [0, 0.1) is 0 Å². The maximum atomic E-state index is 11.5. The van der Waals surface area contributed by atoms with Gasteiger partial charge in [-0.15, -0.1) is 0 Å². The summed E-state index contributed by atoms with van der Waals surface area (Å²) in [4.78, 5) is 11.5. The SMILES string of the molecule is COC(=O)CC(c1cnn(C(C)C)c1)C(C)(C)N. The Hall–Kier alpha value is -1.36. The third kappa shape index (κ3) is 3.57. The van der Waals surface area contributed by atoms with E-state index in [1.54, 1.807) is 6.20 Å². The number of rotatable bonds is 5. The highest BCUT2D eigenvalue weighted by Gasteiger charge is 2.30. The van der Waals surface area contributed by atoms with Gasteiger partial charge in [-0.25, -0.2) is 0 Å². The molecule has 0 aliphatic heterocycles. The number of carbonyl (C=O) groups is 1. The quantitative estimate of drug-likeness (QED) is 0.813. The van der Waals surface area contributed by atoms with Crippen LogP contribution in [0.5, 0.6) is 0 Å². The highest BCUT2D eigenvalue weighted by Crippen LogP contribution is 2.30. The summed E-state index contributed by atoms with van der Waals surface area (Å²) in [5, 5.41) is 4.29. The standard InChI is InChI=1S/C13H23N3O2/c1-9(2)16-8-10(7-15-16)11(13(3,4)14)6-12(17)18-5/h7-9,11H,6,14H2,1-5H3. The maximum Gasteiger partial charge on any atom is 0.306 e. The van der Waals surface area contributed by atoms with Crippen LogP contribution >= 0.6 is 0 Å². The maximum absolute atomic E-state index is 11.5. The summed E-state index contributed by atoms with van der Waals surface area (Å²) in [6, 6.07) is 0.290. The highest BCUT2D eigenvalue weighted by atomic mass is 16.5. The molecule has 0 fully saturated rings. The third-order valence-electron chi connectivity index (χ3n) is 3.05. The van der Waals surface area contributed by atoms with Gasteiger partial charge in [0, 0.05) is 23.7 Å². The Labute approximate surface area is 108 Å². The monoisotopic (exact) mass is 253 g/mol. The van der Waals surface area contributed by atoms with Gasteiger partial charge < -0.3 is 10.5 Å². The first kappa shape index (κ1) is 14.7. The van der Waals surface area contributed by atoms with E-state index in [0.717, 1.165) is 5.56 Å². The molecule has 18 heavy (non-hydrogen) atoms. The molecule has 5 heteroatoms. The fourth-order valence-electron chi connectivity index (χ4n) is 1.88. The van der Waals surface area contributed by atoms with E-state index in [2.05, 4.69) is 18.9 Å². The molecular weight excluding hydrogens is 230 g/mol. The summed E-state index contributed by atoms with van der Waals surface area (Å²) in [6.07, 6.45) is 4.00. The van der Waals surface area contributed by atoms with Gasteiger partial charge in [0.05, 0.1) is 19.7 Å². The smallest absolute Gasteiger partial charge is 0.306 e. The predicted octanol–water partition coefficient (Wildman–Crippen LogP) is 1.85. The van der Waals surface area contributed by atoms with Crippen molar-refractivity contribution in [2.24, 2.45) is 5.73 Å². The lowest BCUT2D eigenvalue weighted by Crippen LogP contribution is -2.40. The zero-order valence-corrected chi connectivity index (χ0v) is 11.8. The second kappa shape index (κ2) is 5.52. The average Bonchev–Trinajstić information content (AvgIpc) is 2.72. The number of aromatic nitrogens is 2. The summed E-state index contributed by atoms with van der Waals surface area (Å²) in [6.45, 7) is 7.93. The van der Waals surface area contributed by atoms with Crippen molar-refractivity contribution in [3.63, 3.8) is 0 Å². The normalized spacial score (nSPS) is 13.7. The minimum Gasteiger partial charge on any atom is -0.469 e. The number of esters is 1. The first-order valence-electron chi connectivity index (χ1n) is 6.15. The van der Waals surface area contributed by atoms with Gasteiger partial charge in [-0.1, -0.05) is 0 Å². The van der Waals surface area contributed by atoms with Crippen LogP contribution < -0.4 is 5.73 Å². The Bertz CT molecular complexity index is 405. The molecule has 0 spiro atoms. The topological polar surface area (TPSA) is 70.1 Å². The summed E-state index contributed by atoms with van der Waals surface area (Å²) in [5.41, 5.74) is 6.63. The van der Waals surface area contributed by atoms with Crippen LogP contribution in [-0.4, -0.2) is 28.4 Å². The van der Waals surface area contributed by atoms with Gasteiger partial charge in [-0.05, 0) is 33.3 Å². The van der Waals surface area contributed by atoms with Crippen molar-refractivity contribution in [3.05, 3.63) is 18.0 Å². The molecule has 0 aliphatic rings. The highest BCUT2D eigenvalue weighted by molar-refractivity contribution is 5.70. The van der Waals surface area contributed by atoms with Crippen LogP contribution in [0.15, 0.2) is 12.4 Å². The number of carbonyl (C=O) groups excluding carboxylic acids is 1. The van der Waals surface area contributed by atoms with E-state index >= 15 is 0 Å². The second-order valence-corrected chi connectivity index (χ2v) is 5.50. The lowest BCUT2D eigenvalue weighted by molar-refractivity contribution is -0.141. The molecule has 0 saturated heterocycles. The van der Waals surface area contributed by atoms with Crippen molar-refractivity contribution < 1.29 is 9.53 Å². The van der Waals surface area contributed by atoms with Gasteiger partial charge in [0.1, 0.15) is 0 Å². The molecule has 1 aromatic rings. The zero-order valence-electron chi connectivity index (χ0n) is 11.8. The lowest BCUT2D eigenvalue weighted by atomic mass is 9.82. The van der Waals surface area contributed by atoms with Crippen LogP contribution in [0.25, 0.3) is 0 Å².